The quantitative estimate of drug-likeness (QED) is 0.768. The van der Waals surface area contributed by atoms with Crippen molar-refractivity contribution in [3.05, 3.63) is 0 Å². The summed E-state index contributed by atoms with van der Waals surface area (Å²) in [6.45, 7) is 6.28. The molecule has 108 valence electrons. The van der Waals surface area contributed by atoms with Crippen molar-refractivity contribution >= 4 is 18.3 Å². The van der Waals surface area contributed by atoms with Crippen LogP contribution in [0.2, 0.25) is 0 Å². The summed E-state index contributed by atoms with van der Waals surface area (Å²) in [6.07, 6.45) is 3.12. The Morgan fingerprint density at radius 2 is 2.11 bits per heavy atom. The van der Waals surface area contributed by atoms with Gasteiger partial charge in [-0.3, -0.25) is 4.79 Å². The van der Waals surface area contributed by atoms with Crippen molar-refractivity contribution in [3.63, 3.8) is 0 Å². The SMILES string of the molecule is CC(C)CC(CN(C)C)NC(=O)C1CCCN1.Cl. The highest BCUT2D eigenvalue weighted by atomic mass is 35.5. The second kappa shape index (κ2) is 8.73. The van der Waals surface area contributed by atoms with Crippen LogP contribution < -0.4 is 10.6 Å². The molecule has 1 aliphatic rings. The van der Waals surface area contributed by atoms with Gasteiger partial charge in [0.2, 0.25) is 5.91 Å². The summed E-state index contributed by atoms with van der Waals surface area (Å²) in [5, 5.41) is 6.42. The molecule has 1 amide bonds. The van der Waals surface area contributed by atoms with E-state index >= 15 is 0 Å². The van der Waals surface area contributed by atoms with Gasteiger partial charge in [0.05, 0.1) is 6.04 Å². The number of halogens is 1. The lowest BCUT2D eigenvalue weighted by Crippen LogP contribution is -2.48. The number of hydrogen-bond donors (Lipinski definition) is 2. The van der Waals surface area contributed by atoms with Crippen molar-refractivity contribution in [2.45, 2.75) is 45.2 Å². The fourth-order valence-corrected chi connectivity index (χ4v) is 2.40. The third-order valence-corrected chi connectivity index (χ3v) is 3.06. The van der Waals surface area contributed by atoms with Crippen LogP contribution in [0.25, 0.3) is 0 Å². The second-order valence-electron chi connectivity index (χ2n) is 5.75. The zero-order chi connectivity index (χ0) is 12.8. The summed E-state index contributed by atoms with van der Waals surface area (Å²) in [7, 11) is 4.10. The van der Waals surface area contributed by atoms with Gasteiger partial charge >= 0.3 is 0 Å². The fraction of sp³-hybridized carbons (Fsp3) is 0.923. The molecule has 2 atom stereocenters. The molecule has 2 N–H and O–H groups in total. The van der Waals surface area contributed by atoms with Gasteiger partial charge in [-0.25, -0.2) is 0 Å². The minimum absolute atomic E-state index is 0. The number of hydrogen-bond acceptors (Lipinski definition) is 3. The van der Waals surface area contributed by atoms with E-state index in [0.717, 1.165) is 32.4 Å². The van der Waals surface area contributed by atoms with Crippen molar-refractivity contribution in [1.82, 2.24) is 15.5 Å². The molecule has 18 heavy (non-hydrogen) atoms. The number of carbonyl (C=O) groups excluding carboxylic acids is 1. The van der Waals surface area contributed by atoms with Crippen molar-refractivity contribution in [2.24, 2.45) is 5.92 Å². The second-order valence-corrected chi connectivity index (χ2v) is 5.75. The Labute approximate surface area is 117 Å². The van der Waals surface area contributed by atoms with Gasteiger partial charge in [-0.15, -0.1) is 12.4 Å². The molecule has 5 heteroatoms. The zero-order valence-corrected chi connectivity index (χ0v) is 12.8. The van der Waals surface area contributed by atoms with Crippen LogP contribution in [-0.2, 0) is 4.79 Å². The molecule has 0 radical (unpaired) electrons. The Morgan fingerprint density at radius 1 is 1.44 bits per heavy atom. The van der Waals surface area contributed by atoms with Crippen LogP contribution in [0, 0.1) is 5.92 Å². The highest BCUT2D eigenvalue weighted by Gasteiger charge is 2.24. The average Bonchev–Trinajstić information content (AvgIpc) is 2.67. The Kier molecular flexibility index (Phi) is 8.57. The van der Waals surface area contributed by atoms with Crippen LogP contribution in [0.1, 0.15) is 33.1 Å². The van der Waals surface area contributed by atoms with Crippen LogP contribution in [0.4, 0.5) is 0 Å². The van der Waals surface area contributed by atoms with Gasteiger partial charge in [-0.1, -0.05) is 13.8 Å². The first kappa shape index (κ1) is 17.7. The summed E-state index contributed by atoms with van der Waals surface area (Å²) < 4.78 is 0. The molecule has 4 nitrogen and oxygen atoms in total. The monoisotopic (exact) mass is 277 g/mol. The lowest BCUT2D eigenvalue weighted by Gasteiger charge is -2.25. The first-order valence-corrected chi connectivity index (χ1v) is 6.67. The molecular weight excluding hydrogens is 250 g/mol. The van der Waals surface area contributed by atoms with Crippen molar-refractivity contribution in [3.8, 4) is 0 Å². The predicted octanol–water partition coefficient (Wildman–Crippen LogP) is 1.25. The van der Waals surface area contributed by atoms with E-state index in [9.17, 15) is 4.79 Å². The molecule has 1 rings (SSSR count). The summed E-state index contributed by atoms with van der Waals surface area (Å²) in [4.78, 5) is 14.2. The number of carbonyl (C=O) groups is 1. The summed E-state index contributed by atoms with van der Waals surface area (Å²) in [5.74, 6) is 0.784. The Balaban J connectivity index is 0.00000289. The molecule has 0 aromatic heterocycles. The van der Waals surface area contributed by atoms with Gasteiger partial charge in [-0.2, -0.15) is 0 Å². The van der Waals surface area contributed by atoms with Gasteiger partial charge in [0.25, 0.3) is 0 Å². The number of nitrogens with one attached hydrogen (secondary N) is 2. The highest BCUT2D eigenvalue weighted by molar-refractivity contribution is 5.85. The van der Waals surface area contributed by atoms with Crippen LogP contribution in [0.3, 0.4) is 0 Å². The van der Waals surface area contributed by atoms with E-state index in [4.69, 9.17) is 0 Å². The first-order valence-electron chi connectivity index (χ1n) is 6.67. The lowest BCUT2D eigenvalue weighted by atomic mass is 10.0. The molecular formula is C13H28ClN3O. The lowest BCUT2D eigenvalue weighted by molar-refractivity contribution is -0.123. The normalized spacial score (nSPS) is 20.9. The number of rotatable bonds is 6. The van der Waals surface area contributed by atoms with E-state index in [1.165, 1.54) is 0 Å². The smallest absolute Gasteiger partial charge is 0.237 e. The van der Waals surface area contributed by atoms with E-state index in [1.807, 2.05) is 14.1 Å². The number of amides is 1. The average molecular weight is 278 g/mol. The van der Waals surface area contributed by atoms with Gasteiger partial charge in [0.1, 0.15) is 0 Å². The Morgan fingerprint density at radius 3 is 2.56 bits per heavy atom. The molecule has 2 unspecified atom stereocenters. The van der Waals surface area contributed by atoms with Crippen molar-refractivity contribution < 1.29 is 4.79 Å². The Hall–Kier alpha value is -0.320. The highest BCUT2D eigenvalue weighted by Crippen LogP contribution is 2.09. The van der Waals surface area contributed by atoms with E-state index in [-0.39, 0.29) is 30.4 Å². The molecule has 0 aliphatic carbocycles. The van der Waals surface area contributed by atoms with E-state index < -0.39 is 0 Å². The zero-order valence-electron chi connectivity index (χ0n) is 12.0. The summed E-state index contributed by atoms with van der Waals surface area (Å²) in [6, 6.07) is 0.298. The molecule has 0 aromatic carbocycles. The predicted molar refractivity (Wildman–Crippen MR) is 78.2 cm³/mol. The van der Waals surface area contributed by atoms with E-state index in [0.29, 0.717) is 5.92 Å². The minimum atomic E-state index is 0. The maximum Gasteiger partial charge on any atom is 0.237 e. The molecule has 1 fully saturated rings. The number of nitrogens with zero attached hydrogens (tertiary/aromatic N) is 1. The van der Waals surface area contributed by atoms with Crippen LogP contribution in [0.15, 0.2) is 0 Å². The Bertz CT molecular complexity index is 230. The van der Waals surface area contributed by atoms with E-state index in [1.54, 1.807) is 0 Å². The van der Waals surface area contributed by atoms with Gasteiger partial charge < -0.3 is 15.5 Å². The molecule has 0 bridgehead atoms. The van der Waals surface area contributed by atoms with Crippen LogP contribution in [-0.4, -0.2) is 50.1 Å². The van der Waals surface area contributed by atoms with Gasteiger partial charge in [-0.05, 0) is 45.8 Å². The molecule has 1 aliphatic heterocycles. The molecule has 1 saturated heterocycles. The summed E-state index contributed by atoms with van der Waals surface area (Å²) in [5.41, 5.74) is 0. The van der Waals surface area contributed by atoms with Gasteiger partial charge in [0.15, 0.2) is 0 Å². The maximum absolute atomic E-state index is 12.0. The van der Waals surface area contributed by atoms with Crippen LogP contribution in [0.5, 0.6) is 0 Å². The number of likely N-dealkylation sites (N-methyl/N-ethyl adjacent to an activating group) is 1. The molecule has 0 saturated carbocycles. The van der Waals surface area contributed by atoms with Crippen molar-refractivity contribution in [1.29, 1.82) is 0 Å². The fourth-order valence-electron chi connectivity index (χ4n) is 2.40. The largest absolute Gasteiger partial charge is 0.351 e. The topological polar surface area (TPSA) is 44.4 Å². The van der Waals surface area contributed by atoms with Crippen molar-refractivity contribution in [2.75, 3.05) is 27.2 Å². The third-order valence-electron chi connectivity index (χ3n) is 3.06. The third kappa shape index (κ3) is 6.57. The first-order chi connectivity index (χ1) is 7.99. The summed E-state index contributed by atoms with van der Waals surface area (Å²) >= 11 is 0. The maximum atomic E-state index is 12.0. The van der Waals surface area contributed by atoms with Gasteiger partial charge in [0, 0.05) is 12.6 Å². The standard InChI is InChI=1S/C13H27N3O.ClH/c1-10(2)8-11(9-16(3)4)15-13(17)12-6-5-7-14-12;/h10-12,14H,5-9H2,1-4H3,(H,15,17);1H. The van der Waals surface area contributed by atoms with Crippen LogP contribution >= 0.6 is 12.4 Å². The molecule has 1 heterocycles. The molecule has 0 aromatic rings. The minimum Gasteiger partial charge on any atom is -0.351 e. The molecule has 0 spiro atoms. The van der Waals surface area contributed by atoms with E-state index in [2.05, 4.69) is 29.4 Å².